The zero-order valence-electron chi connectivity index (χ0n) is 11.9. The summed E-state index contributed by atoms with van der Waals surface area (Å²) < 4.78 is 26.2. The van der Waals surface area contributed by atoms with Crippen molar-refractivity contribution in [2.24, 2.45) is 11.5 Å². The Balaban J connectivity index is 2.74. The van der Waals surface area contributed by atoms with Crippen molar-refractivity contribution in [2.45, 2.75) is 23.8 Å². The van der Waals surface area contributed by atoms with E-state index >= 15 is 0 Å². The molecule has 1 aromatic carbocycles. The number of nitrogens with one attached hydrogen (secondary N) is 1. The highest BCUT2D eigenvalue weighted by atomic mass is 32.2. The molecule has 0 saturated carbocycles. The molecule has 118 valence electrons. The topological polar surface area (TPSA) is 115 Å². The van der Waals surface area contributed by atoms with Crippen LogP contribution >= 0.6 is 11.8 Å². The number of hydrogen-bond acceptors (Lipinski definition) is 6. The summed E-state index contributed by atoms with van der Waals surface area (Å²) in [6, 6.07) is 5.44. The fraction of sp³-hybridized carbons (Fsp3) is 0.462. The molecule has 0 spiro atoms. The minimum absolute atomic E-state index is 0.0358. The van der Waals surface area contributed by atoms with Gasteiger partial charge in [-0.15, -0.1) is 0 Å². The maximum atomic E-state index is 12.1. The lowest BCUT2D eigenvalue weighted by Crippen LogP contribution is -2.43. The molecule has 0 aliphatic rings. The maximum absolute atomic E-state index is 12.1. The van der Waals surface area contributed by atoms with Gasteiger partial charge in [-0.25, -0.2) is 13.1 Å². The molecular formula is C13H21N3O3S2. The molecule has 1 amide bonds. The SMILES string of the molecule is CSCCC(N)C(=O)NS(=O)(=O)c1ccc(CCN)cc1. The van der Waals surface area contributed by atoms with Crippen molar-refractivity contribution >= 4 is 27.7 Å². The summed E-state index contributed by atoms with van der Waals surface area (Å²) in [7, 11) is -3.88. The average molecular weight is 331 g/mol. The number of thioether (sulfide) groups is 1. The van der Waals surface area contributed by atoms with Gasteiger partial charge in [0.15, 0.2) is 0 Å². The first-order valence-corrected chi connectivity index (χ1v) is 9.38. The molecule has 0 aliphatic heterocycles. The summed E-state index contributed by atoms with van der Waals surface area (Å²) in [5.74, 6) is 0.0117. The average Bonchev–Trinajstić information content (AvgIpc) is 2.45. The van der Waals surface area contributed by atoms with Crippen molar-refractivity contribution in [2.75, 3.05) is 18.6 Å². The number of sulfonamides is 1. The molecule has 21 heavy (non-hydrogen) atoms. The third-order valence-electron chi connectivity index (χ3n) is 2.87. The van der Waals surface area contributed by atoms with E-state index in [1.54, 1.807) is 23.9 Å². The van der Waals surface area contributed by atoms with E-state index in [1.807, 2.05) is 11.0 Å². The smallest absolute Gasteiger partial charge is 0.264 e. The van der Waals surface area contributed by atoms with E-state index in [9.17, 15) is 13.2 Å². The van der Waals surface area contributed by atoms with Crippen LogP contribution in [-0.4, -0.2) is 38.9 Å². The van der Waals surface area contributed by atoms with Crippen molar-refractivity contribution in [1.82, 2.24) is 4.72 Å². The van der Waals surface area contributed by atoms with E-state index in [0.717, 1.165) is 5.56 Å². The summed E-state index contributed by atoms with van der Waals surface area (Å²) in [5, 5.41) is 0. The highest BCUT2D eigenvalue weighted by molar-refractivity contribution is 7.98. The first-order valence-electron chi connectivity index (χ1n) is 6.51. The fourth-order valence-electron chi connectivity index (χ4n) is 1.64. The summed E-state index contributed by atoms with van der Waals surface area (Å²) in [5.41, 5.74) is 12.0. The molecular weight excluding hydrogens is 310 g/mol. The molecule has 5 N–H and O–H groups in total. The molecule has 8 heteroatoms. The van der Waals surface area contributed by atoms with Crippen LogP contribution in [0.15, 0.2) is 29.2 Å². The van der Waals surface area contributed by atoms with Gasteiger partial charge in [0, 0.05) is 0 Å². The van der Waals surface area contributed by atoms with Crippen LogP contribution in [0, 0.1) is 0 Å². The van der Waals surface area contributed by atoms with Crippen molar-refractivity contribution in [3.05, 3.63) is 29.8 Å². The second kappa shape index (κ2) is 8.38. The van der Waals surface area contributed by atoms with E-state index in [4.69, 9.17) is 11.5 Å². The Labute approximate surface area is 129 Å². The molecule has 0 saturated heterocycles. The zero-order valence-corrected chi connectivity index (χ0v) is 13.5. The molecule has 0 heterocycles. The van der Waals surface area contributed by atoms with Crippen molar-refractivity contribution < 1.29 is 13.2 Å². The molecule has 0 aliphatic carbocycles. The summed E-state index contributed by atoms with van der Waals surface area (Å²) in [6.07, 6.45) is 2.99. The minimum Gasteiger partial charge on any atom is -0.330 e. The van der Waals surface area contributed by atoms with Crippen molar-refractivity contribution in [3.63, 3.8) is 0 Å². The van der Waals surface area contributed by atoms with Crippen LogP contribution < -0.4 is 16.2 Å². The predicted molar refractivity (Wildman–Crippen MR) is 85.5 cm³/mol. The van der Waals surface area contributed by atoms with Crippen LogP contribution in [0.5, 0.6) is 0 Å². The Morgan fingerprint density at radius 2 is 1.95 bits per heavy atom. The van der Waals surface area contributed by atoms with Crippen LogP contribution in [0.2, 0.25) is 0 Å². The van der Waals surface area contributed by atoms with Gasteiger partial charge in [0.05, 0.1) is 10.9 Å². The van der Waals surface area contributed by atoms with E-state index in [2.05, 4.69) is 0 Å². The molecule has 1 aromatic rings. The first kappa shape index (κ1) is 18.0. The number of rotatable bonds is 8. The summed E-state index contributed by atoms with van der Waals surface area (Å²) in [6.45, 7) is 0.493. The van der Waals surface area contributed by atoms with Crippen molar-refractivity contribution in [3.8, 4) is 0 Å². The molecule has 0 fully saturated rings. The van der Waals surface area contributed by atoms with E-state index < -0.39 is 22.0 Å². The summed E-state index contributed by atoms with van der Waals surface area (Å²) in [4.78, 5) is 11.8. The monoisotopic (exact) mass is 331 g/mol. The normalized spacial score (nSPS) is 12.9. The molecule has 0 radical (unpaired) electrons. The fourth-order valence-corrected chi connectivity index (χ4v) is 3.16. The Morgan fingerprint density at radius 3 is 2.48 bits per heavy atom. The van der Waals surface area contributed by atoms with Gasteiger partial charge in [0.25, 0.3) is 15.9 Å². The van der Waals surface area contributed by atoms with E-state index in [-0.39, 0.29) is 4.90 Å². The number of carbonyl (C=O) groups is 1. The lowest BCUT2D eigenvalue weighted by atomic mass is 10.2. The van der Waals surface area contributed by atoms with Gasteiger partial charge >= 0.3 is 0 Å². The Kier molecular flexibility index (Phi) is 7.16. The standard InChI is InChI=1S/C13H21N3O3S2/c1-20-9-7-12(15)13(17)16-21(18,19)11-4-2-10(3-5-11)6-8-14/h2-5,12H,6-9,14-15H2,1H3,(H,16,17). The zero-order chi connectivity index (χ0) is 15.9. The van der Waals surface area contributed by atoms with Gasteiger partial charge < -0.3 is 11.5 Å². The third kappa shape index (κ3) is 5.66. The lowest BCUT2D eigenvalue weighted by Gasteiger charge is -2.12. The van der Waals surface area contributed by atoms with Crippen LogP contribution in [-0.2, 0) is 21.2 Å². The van der Waals surface area contributed by atoms with Crippen LogP contribution in [0.3, 0.4) is 0 Å². The minimum atomic E-state index is -3.88. The Morgan fingerprint density at radius 1 is 1.33 bits per heavy atom. The quantitative estimate of drug-likeness (QED) is 0.621. The molecule has 6 nitrogen and oxygen atoms in total. The number of nitrogens with two attached hydrogens (primary N) is 2. The van der Waals surface area contributed by atoms with Gasteiger partial charge in [0.1, 0.15) is 0 Å². The number of amides is 1. The second-order valence-electron chi connectivity index (χ2n) is 4.54. The maximum Gasteiger partial charge on any atom is 0.264 e. The Hall–Kier alpha value is -1.09. The molecule has 0 bridgehead atoms. The number of hydrogen-bond donors (Lipinski definition) is 3. The first-order chi connectivity index (χ1) is 9.90. The highest BCUT2D eigenvalue weighted by Crippen LogP contribution is 2.11. The van der Waals surface area contributed by atoms with Gasteiger partial charge in [-0.3, -0.25) is 4.79 Å². The summed E-state index contributed by atoms with van der Waals surface area (Å²) >= 11 is 1.55. The van der Waals surface area contributed by atoms with E-state index in [0.29, 0.717) is 25.1 Å². The lowest BCUT2D eigenvalue weighted by molar-refractivity contribution is -0.120. The number of carbonyl (C=O) groups excluding carboxylic acids is 1. The van der Waals surface area contributed by atoms with E-state index in [1.165, 1.54) is 12.1 Å². The molecule has 1 unspecified atom stereocenters. The molecule has 0 aromatic heterocycles. The van der Waals surface area contributed by atoms with Crippen LogP contribution in [0.1, 0.15) is 12.0 Å². The number of benzene rings is 1. The second-order valence-corrected chi connectivity index (χ2v) is 7.21. The van der Waals surface area contributed by atoms with Gasteiger partial charge in [-0.1, -0.05) is 12.1 Å². The Bertz CT molecular complexity index is 559. The molecule has 1 atom stereocenters. The molecule has 1 rings (SSSR count). The van der Waals surface area contributed by atoms with Crippen LogP contribution in [0.4, 0.5) is 0 Å². The third-order valence-corrected chi connectivity index (χ3v) is 4.88. The van der Waals surface area contributed by atoms with Gasteiger partial charge in [-0.05, 0) is 49.1 Å². The van der Waals surface area contributed by atoms with Crippen LogP contribution in [0.25, 0.3) is 0 Å². The van der Waals surface area contributed by atoms with Crippen molar-refractivity contribution in [1.29, 1.82) is 0 Å². The predicted octanol–water partition coefficient (Wildman–Crippen LogP) is 0.0731. The highest BCUT2D eigenvalue weighted by Gasteiger charge is 2.21. The van der Waals surface area contributed by atoms with Gasteiger partial charge in [0.2, 0.25) is 0 Å². The largest absolute Gasteiger partial charge is 0.330 e. The van der Waals surface area contributed by atoms with Gasteiger partial charge in [-0.2, -0.15) is 11.8 Å².